The van der Waals surface area contributed by atoms with Crippen LogP contribution in [0.15, 0.2) is 29.6 Å². The van der Waals surface area contributed by atoms with Crippen molar-refractivity contribution < 1.29 is 9.53 Å². The Morgan fingerprint density at radius 3 is 2.93 bits per heavy atom. The number of hydrogen-bond donors (Lipinski definition) is 1. The Kier molecular flexibility index (Phi) is 5.20. The quantitative estimate of drug-likeness (QED) is 0.707. The average molecular weight is 401 g/mol. The monoisotopic (exact) mass is 400 g/mol. The van der Waals surface area contributed by atoms with E-state index in [9.17, 15) is 4.79 Å². The fourth-order valence-electron chi connectivity index (χ4n) is 2.80. The first-order valence-electron chi connectivity index (χ1n) is 8.69. The summed E-state index contributed by atoms with van der Waals surface area (Å²) in [5, 5.41) is 6.04. The van der Waals surface area contributed by atoms with Crippen LogP contribution < -0.4 is 10.1 Å². The average Bonchev–Trinajstić information content (AvgIpc) is 3.27. The predicted molar refractivity (Wildman–Crippen MR) is 108 cm³/mol. The molecule has 1 N–H and O–H groups in total. The van der Waals surface area contributed by atoms with Gasteiger partial charge in [-0.25, -0.2) is 9.97 Å². The number of carbonyl (C=O) groups excluding carboxylic acids is 1. The molecule has 0 saturated heterocycles. The standard InChI is InChI=1S/C19H20N4O2S2/c1-12-3-5-13(6-4-12)25-10-17-20-15(11-26-17)18(24)22-19-21-14-7-8-23(2)9-16(14)27-19/h3-6,11H,7-10H2,1-2H3,(H,21,22,24). The lowest BCUT2D eigenvalue weighted by atomic mass is 10.2. The number of anilines is 1. The molecule has 1 aliphatic rings. The Morgan fingerprint density at radius 1 is 1.30 bits per heavy atom. The predicted octanol–water partition coefficient (Wildman–Crippen LogP) is 3.73. The van der Waals surface area contributed by atoms with E-state index in [2.05, 4.69) is 27.2 Å². The topological polar surface area (TPSA) is 67.3 Å². The molecule has 0 spiro atoms. The highest BCUT2D eigenvalue weighted by atomic mass is 32.1. The summed E-state index contributed by atoms with van der Waals surface area (Å²) in [5.41, 5.74) is 2.68. The molecular formula is C19H20N4O2S2. The zero-order valence-corrected chi connectivity index (χ0v) is 16.8. The summed E-state index contributed by atoms with van der Waals surface area (Å²) in [6, 6.07) is 7.86. The highest BCUT2D eigenvalue weighted by Gasteiger charge is 2.20. The number of carbonyl (C=O) groups is 1. The molecule has 3 aromatic rings. The molecule has 2 aromatic heterocycles. The number of nitrogens with one attached hydrogen (secondary N) is 1. The smallest absolute Gasteiger partial charge is 0.276 e. The van der Waals surface area contributed by atoms with Crippen molar-refractivity contribution in [3.05, 3.63) is 56.5 Å². The summed E-state index contributed by atoms with van der Waals surface area (Å²) in [5.74, 6) is 0.562. The van der Waals surface area contributed by atoms with Crippen molar-refractivity contribution in [3.63, 3.8) is 0 Å². The van der Waals surface area contributed by atoms with Crippen molar-refractivity contribution in [2.24, 2.45) is 0 Å². The molecule has 0 atom stereocenters. The third-order valence-corrected chi connectivity index (χ3v) is 6.13. The molecule has 1 aliphatic heterocycles. The molecule has 8 heteroatoms. The van der Waals surface area contributed by atoms with E-state index < -0.39 is 0 Å². The fourth-order valence-corrected chi connectivity index (χ4v) is 4.57. The molecule has 6 nitrogen and oxygen atoms in total. The number of fused-ring (bicyclic) bond motifs is 1. The second-order valence-electron chi connectivity index (χ2n) is 6.56. The van der Waals surface area contributed by atoms with Gasteiger partial charge in [-0.2, -0.15) is 0 Å². The molecule has 0 saturated carbocycles. The van der Waals surface area contributed by atoms with Crippen LogP contribution in [-0.2, 0) is 19.6 Å². The lowest BCUT2D eigenvalue weighted by molar-refractivity contribution is 0.102. The summed E-state index contributed by atoms with van der Waals surface area (Å²) in [6.45, 7) is 4.27. The Morgan fingerprint density at radius 2 is 2.11 bits per heavy atom. The molecule has 1 aromatic carbocycles. The maximum Gasteiger partial charge on any atom is 0.276 e. The Hall–Kier alpha value is -2.29. The van der Waals surface area contributed by atoms with Gasteiger partial charge in [0, 0.05) is 29.8 Å². The Labute approximate surface area is 165 Å². The highest BCUT2D eigenvalue weighted by molar-refractivity contribution is 7.16. The van der Waals surface area contributed by atoms with E-state index >= 15 is 0 Å². The van der Waals surface area contributed by atoms with Gasteiger partial charge in [0.1, 0.15) is 23.1 Å². The minimum atomic E-state index is -0.229. The molecule has 3 heterocycles. The number of hydrogen-bond acceptors (Lipinski definition) is 7. The summed E-state index contributed by atoms with van der Waals surface area (Å²) >= 11 is 2.96. The molecule has 0 radical (unpaired) electrons. The van der Waals surface area contributed by atoms with Crippen LogP contribution in [0.3, 0.4) is 0 Å². The van der Waals surface area contributed by atoms with Crippen molar-refractivity contribution in [3.8, 4) is 5.75 Å². The third kappa shape index (κ3) is 4.35. The number of likely N-dealkylation sites (N-methyl/N-ethyl adjacent to an activating group) is 1. The van der Waals surface area contributed by atoms with Gasteiger partial charge in [-0.3, -0.25) is 10.1 Å². The van der Waals surface area contributed by atoms with Gasteiger partial charge in [0.15, 0.2) is 5.13 Å². The van der Waals surface area contributed by atoms with Crippen LogP contribution in [0.4, 0.5) is 5.13 Å². The first kappa shape index (κ1) is 18.1. The first-order chi connectivity index (χ1) is 13.1. The summed E-state index contributed by atoms with van der Waals surface area (Å²) in [7, 11) is 2.09. The third-order valence-electron chi connectivity index (χ3n) is 4.31. The molecule has 27 heavy (non-hydrogen) atoms. The molecule has 0 bridgehead atoms. The zero-order valence-electron chi connectivity index (χ0n) is 15.2. The van der Waals surface area contributed by atoms with E-state index in [1.165, 1.54) is 21.8 Å². The van der Waals surface area contributed by atoms with E-state index in [1.54, 1.807) is 16.7 Å². The largest absolute Gasteiger partial charge is 0.486 e. The number of aromatic nitrogens is 2. The number of thiazole rings is 2. The van der Waals surface area contributed by atoms with Crippen molar-refractivity contribution in [1.82, 2.24) is 14.9 Å². The maximum atomic E-state index is 12.5. The molecule has 4 rings (SSSR count). The lowest BCUT2D eigenvalue weighted by Gasteiger charge is -2.20. The maximum absolute atomic E-state index is 12.5. The highest BCUT2D eigenvalue weighted by Crippen LogP contribution is 2.28. The number of benzene rings is 1. The van der Waals surface area contributed by atoms with Gasteiger partial charge in [-0.05, 0) is 26.1 Å². The fraction of sp³-hybridized carbons (Fsp3) is 0.316. The van der Waals surface area contributed by atoms with Crippen LogP contribution in [0.5, 0.6) is 5.75 Å². The van der Waals surface area contributed by atoms with Crippen LogP contribution in [0.1, 0.15) is 31.6 Å². The second kappa shape index (κ2) is 7.75. The molecule has 0 unspecified atom stereocenters. The normalized spacial score (nSPS) is 14.0. The zero-order chi connectivity index (χ0) is 18.8. The van der Waals surface area contributed by atoms with Gasteiger partial charge in [0.2, 0.25) is 0 Å². The number of rotatable bonds is 5. The van der Waals surface area contributed by atoms with Gasteiger partial charge in [0.25, 0.3) is 5.91 Å². The second-order valence-corrected chi connectivity index (χ2v) is 8.59. The van der Waals surface area contributed by atoms with Gasteiger partial charge < -0.3 is 9.64 Å². The number of nitrogens with zero attached hydrogens (tertiary/aromatic N) is 3. The molecule has 0 fully saturated rings. The lowest BCUT2D eigenvalue weighted by Crippen LogP contribution is -2.25. The van der Waals surface area contributed by atoms with Crippen molar-refractivity contribution >= 4 is 33.7 Å². The Bertz CT molecular complexity index is 949. The van der Waals surface area contributed by atoms with E-state index in [0.29, 0.717) is 17.4 Å². The minimum Gasteiger partial charge on any atom is -0.486 e. The van der Waals surface area contributed by atoms with Crippen LogP contribution in [-0.4, -0.2) is 34.4 Å². The van der Waals surface area contributed by atoms with Crippen molar-refractivity contribution in [2.45, 2.75) is 26.5 Å². The summed E-state index contributed by atoms with van der Waals surface area (Å²) in [4.78, 5) is 24.9. The van der Waals surface area contributed by atoms with Gasteiger partial charge >= 0.3 is 0 Å². The van der Waals surface area contributed by atoms with Crippen LogP contribution in [0, 0.1) is 6.92 Å². The first-order valence-corrected chi connectivity index (χ1v) is 10.4. The SMILES string of the molecule is Cc1ccc(OCc2nc(C(=O)Nc3nc4c(s3)CN(C)CC4)cs2)cc1. The number of ether oxygens (including phenoxy) is 1. The molecular weight excluding hydrogens is 380 g/mol. The molecule has 140 valence electrons. The van der Waals surface area contributed by atoms with Gasteiger partial charge in [-0.1, -0.05) is 17.7 Å². The minimum absolute atomic E-state index is 0.229. The van der Waals surface area contributed by atoms with Crippen molar-refractivity contribution in [2.75, 3.05) is 18.9 Å². The van der Waals surface area contributed by atoms with Crippen LogP contribution >= 0.6 is 22.7 Å². The van der Waals surface area contributed by atoms with E-state index in [4.69, 9.17) is 4.74 Å². The van der Waals surface area contributed by atoms with Crippen LogP contribution in [0.2, 0.25) is 0 Å². The van der Waals surface area contributed by atoms with Gasteiger partial charge in [-0.15, -0.1) is 22.7 Å². The van der Waals surface area contributed by atoms with Crippen LogP contribution in [0.25, 0.3) is 0 Å². The summed E-state index contributed by atoms with van der Waals surface area (Å²) < 4.78 is 5.72. The van der Waals surface area contributed by atoms with Gasteiger partial charge in [0.05, 0.1) is 5.69 Å². The van der Waals surface area contributed by atoms with Crippen molar-refractivity contribution in [1.29, 1.82) is 0 Å². The van der Waals surface area contributed by atoms with E-state index in [1.807, 2.05) is 31.2 Å². The molecule has 1 amide bonds. The summed E-state index contributed by atoms with van der Waals surface area (Å²) in [6.07, 6.45) is 0.926. The van der Waals surface area contributed by atoms with E-state index in [-0.39, 0.29) is 5.91 Å². The van der Waals surface area contributed by atoms with E-state index in [0.717, 1.165) is 36.0 Å². The Balaban J connectivity index is 1.36. The molecule has 0 aliphatic carbocycles. The number of amides is 1. The number of aryl methyl sites for hydroxylation is 1.